The fourth-order valence-electron chi connectivity index (χ4n) is 1.76. The summed E-state index contributed by atoms with van der Waals surface area (Å²) in [4.78, 5) is 6.47. The van der Waals surface area contributed by atoms with Crippen LogP contribution in [0.4, 0.5) is 5.82 Å². The van der Waals surface area contributed by atoms with Gasteiger partial charge in [0.1, 0.15) is 5.82 Å². The van der Waals surface area contributed by atoms with Crippen molar-refractivity contribution in [2.24, 2.45) is 0 Å². The molecule has 0 atom stereocenters. The molecule has 1 fully saturated rings. The van der Waals surface area contributed by atoms with Gasteiger partial charge in [-0.05, 0) is 37.5 Å². The molecule has 1 aliphatic carbocycles. The lowest BCUT2D eigenvalue weighted by molar-refractivity contribution is 0.686. The Morgan fingerprint density at radius 2 is 2.41 bits per heavy atom. The van der Waals surface area contributed by atoms with Gasteiger partial charge in [-0.2, -0.15) is 0 Å². The number of anilines is 1. The Labute approximate surface area is 103 Å². The van der Waals surface area contributed by atoms with E-state index in [4.69, 9.17) is 6.42 Å². The van der Waals surface area contributed by atoms with Crippen molar-refractivity contribution in [3.8, 4) is 12.3 Å². The lowest BCUT2D eigenvalue weighted by Gasteiger charge is -2.19. The van der Waals surface area contributed by atoms with Gasteiger partial charge in [-0.25, -0.2) is 4.98 Å². The summed E-state index contributed by atoms with van der Waals surface area (Å²) in [6, 6.07) is 4.92. The van der Waals surface area contributed by atoms with Gasteiger partial charge in [0.2, 0.25) is 0 Å². The molecule has 0 aliphatic heterocycles. The van der Waals surface area contributed by atoms with Gasteiger partial charge in [-0.3, -0.25) is 0 Å². The minimum atomic E-state index is 0.614. The molecule has 0 spiro atoms. The average molecular weight is 229 g/mol. The summed E-state index contributed by atoms with van der Waals surface area (Å²) in [5, 5.41) is 3.50. The van der Waals surface area contributed by atoms with Crippen molar-refractivity contribution in [3.05, 3.63) is 23.9 Å². The molecule has 3 heteroatoms. The van der Waals surface area contributed by atoms with E-state index in [1.54, 1.807) is 0 Å². The monoisotopic (exact) mass is 229 g/mol. The largest absolute Gasteiger partial charge is 0.346 e. The fourth-order valence-corrected chi connectivity index (χ4v) is 1.76. The number of terminal acetylenes is 1. The van der Waals surface area contributed by atoms with Crippen molar-refractivity contribution < 1.29 is 0 Å². The Hall–Kier alpha value is -1.53. The summed E-state index contributed by atoms with van der Waals surface area (Å²) in [5.41, 5.74) is 1.28. The second-order valence-corrected chi connectivity index (χ2v) is 4.40. The lowest BCUT2D eigenvalue weighted by Crippen LogP contribution is -2.24. The van der Waals surface area contributed by atoms with Crippen molar-refractivity contribution in [1.29, 1.82) is 0 Å². The molecule has 17 heavy (non-hydrogen) atoms. The highest BCUT2D eigenvalue weighted by atomic mass is 15.2. The normalized spacial score (nSPS) is 14.4. The summed E-state index contributed by atoms with van der Waals surface area (Å²) in [6.07, 6.45) is 9.85. The van der Waals surface area contributed by atoms with E-state index in [1.165, 1.54) is 18.4 Å². The maximum absolute atomic E-state index is 5.36. The van der Waals surface area contributed by atoms with Crippen molar-refractivity contribution >= 4 is 5.82 Å². The van der Waals surface area contributed by atoms with Crippen LogP contribution in [0.15, 0.2) is 18.3 Å². The molecule has 1 saturated carbocycles. The highest BCUT2D eigenvalue weighted by molar-refractivity contribution is 5.42. The molecule has 0 bridgehead atoms. The zero-order valence-corrected chi connectivity index (χ0v) is 10.3. The Morgan fingerprint density at radius 1 is 1.59 bits per heavy atom. The topological polar surface area (TPSA) is 28.2 Å². The van der Waals surface area contributed by atoms with E-state index in [1.807, 2.05) is 6.20 Å². The molecule has 0 radical (unpaired) electrons. The van der Waals surface area contributed by atoms with E-state index < -0.39 is 0 Å². The predicted octanol–water partition coefficient (Wildman–Crippen LogP) is 1.79. The number of pyridine rings is 1. The second-order valence-electron chi connectivity index (χ2n) is 4.40. The van der Waals surface area contributed by atoms with Gasteiger partial charge in [-0.15, -0.1) is 6.42 Å². The van der Waals surface area contributed by atoms with Crippen LogP contribution in [0.1, 0.15) is 25.3 Å². The number of rotatable bonds is 6. The molecule has 0 unspecified atom stereocenters. The average Bonchev–Trinajstić information content (AvgIpc) is 3.18. The summed E-state index contributed by atoms with van der Waals surface area (Å²) in [5.74, 6) is 3.64. The fraction of sp³-hybridized carbons (Fsp3) is 0.500. The van der Waals surface area contributed by atoms with Crippen LogP contribution in [0, 0.1) is 12.3 Å². The predicted molar refractivity (Wildman–Crippen MR) is 70.8 cm³/mol. The Bertz CT molecular complexity index is 404. The molecule has 90 valence electrons. The van der Waals surface area contributed by atoms with E-state index in [9.17, 15) is 0 Å². The van der Waals surface area contributed by atoms with Gasteiger partial charge in [0.25, 0.3) is 0 Å². The number of hydrogen-bond donors (Lipinski definition) is 1. The highest BCUT2D eigenvalue weighted by Crippen LogP contribution is 2.20. The van der Waals surface area contributed by atoms with Crippen molar-refractivity contribution in [2.45, 2.75) is 32.4 Å². The van der Waals surface area contributed by atoms with Crippen LogP contribution in [0.25, 0.3) is 0 Å². The SMILES string of the molecule is C#CCN(CC)c1cc(CNC2CC2)ccn1. The minimum Gasteiger partial charge on any atom is -0.346 e. The van der Waals surface area contributed by atoms with E-state index in [0.29, 0.717) is 6.54 Å². The molecule has 0 aromatic carbocycles. The Morgan fingerprint density at radius 3 is 3.06 bits per heavy atom. The molecule has 2 rings (SSSR count). The van der Waals surface area contributed by atoms with Crippen LogP contribution in [0.5, 0.6) is 0 Å². The summed E-state index contributed by atoms with van der Waals surface area (Å²) in [6.45, 7) is 4.52. The molecule has 0 amide bonds. The van der Waals surface area contributed by atoms with Crippen LogP contribution in [0.3, 0.4) is 0 Å². The van der Waals surface area contributed by atoms with Crippen LogP contribution in [0.2, 0.25) is 0 Å². The molecule has 3 nitrogen and oxygen atoms in total. The van der Waals surface area contributed by atoms with E-state index in [2.05, 4.69) is 40.2 Å². The third-order valence-corrected chi connectivity index (χ3v) is 2.97. The standard InChI is InChI=1S/C14H19N3/c1-3-9-17(4-2)14-10-12(7-8-15-14)11-16-13-5-6-13/h1,7-8,10,13,16H,4-6,9,11H2,2H3. The summed E-state index contributed by atoms with van der Waals surface area (Å²) >= 11 is 0. The van der Waals surface area contributed by atoms with E-state index >= 15 is 0 Å². The zero-order chi connectivity index (χ0) is 12.1. The number of aromatic nitrogens is 1. The van der Waals surface area contributed by atoms with Crippen molar-refractivity contribution in [2.75, 3.05) is 18.0 Å². The summed E-state index contributed by atoms with van der Waals surface area (Å²) in [7, 11) is 0. The summed E-state index contributed by atoms with van der Waals surface area (Å²) < 4.78 is 0. The number of nitrogens with zero attached hydrogens (tertiary/aromatic N) is 2. The van der Waals surface area contributed by atoms with Crippen LogP contribution in [-0.2, 0) is 6.54 Å². The van der Waals surface area contributed by atoms with Crippen molar-refractivity contribution in [1.82, 2.24) is 10.3 Å². The zero-order valence-electron chi connectivity index (χ0n) is 10.3. The second kappa shape index (κ2) is 5.70. The van der Waals surface area contributed by atoms with E-state index in [0.717, 1.165) is 24.9 Å². The molecular formula is C14H19N3. The molecule has 1 N–H and O–H groups in total. The molecular weight excluding hydrogens is 210 g/mol. The highest BCUT2D eigenvalue weighted by Gasteiger charge is 2.20. The smallest absolute Gasteiger partial charge is 0.129 e. The molecule has 1 aromatic rings. The van der Waals surface area contributed by atoms with Gasteiger partial charge in [0.05, 0.1) is 6.54 Å². The third-order valence-electron chi connectivity index (χ3n) is 2.97. The number of hydrogen-bond acceptors (Lipinski definition) is 3. The van der Waals surface area contributed by atoms with Crippen LogP contribution < -0.4 is 10.2 Å². The molecule has 1 aliphatic rings. The van der Waals surface area contributed by atoms with Gasteiger partial charge in [0.15, 0.2) is 0 Å². The Balaban J connectivity index is 2.01. The first-order chi connectivity index (χ1) is 8.33. The van der Waals surface area contributed by atoms with Crippen LogP contribution in [-0.4, -0.2) is 24.1 Å². The first-order valence-electron chi connectivity index (χ1n) is 6.20. The maximum atomic E-state index is 5.36. The van der Waals surface area contributed by atoms with Crippen molar-refractivity contribution in [3.63, 3.8) is 0 Å². The third kappa shape index (κ3) is 3.47. The first-order valence-corrected chi connectivity index (χ1v) is 6.20. The van der Waals surface area contributed by atoms with Gasteiger partial charge in [0, 0.05) is 25.3 Å². The lowest BCUT2D eigenvalue weighted by atomic mass is 10.2. The maximum Gasteiger partial charge on any atom is 0.129 e. The Kier molecular flexibility index (Phi) is 4.00. The van der Waals surface area contributed by atoms with Gasteiger partial charge >= 0.3 is 0 Å². The number of nitrogens with one attached hydrogen (secondary N) is 1. The quantitative estimate of drug-likeness (QED) is 0.754. The van der Waals surface area contributed by atoms with E-state index in [-0.39, 0.29) is 0 Å². The van der Waals surface area contributed by atoms with Crippen LogP contribution >= 0.6 is 0 Å². The van der Waals surface area contributed by atoms with Gasteiger partial charge in [-0.1, -0.05) is 5.92 Å². The van der Waals surface area contributed by atoms with Gasteiger partial charge < -0.3 is 10.2 Å². The minimum absolute atomic E-state index is 0.614. The molecule has 1 aromatic heterocycles. The first kappa shape index (κ1) is 11.9. The molecule has 1 heterocycles. The molecule has 0 saturated heterocycles.